The zero-order valence-electron chi connectivity index (χ0n) is 8.29. The Balaban J connectivity index is 2.18. The molecule has 1 aliphatic heterocycles. The highest BCUT2D eigenvalue weighted by Crippen LogP contribution is 2.33. The summed E-state index contributed by atoms with van der Waals surface area (Å²) < 4.78 is 5.32. The zero-order chi connectivity index (χ0) is 9.97. The maximum Gasteiger partial charge on any atom is 0.151 e. The van der Waals surface area contributed by atoms with Crippen molar-refractivity contribution in [3.8, 4) is 0 Å². The molecule has 1 fully saturated rings. The number of aldehydes is 1. The number of aryl methyl sites for hydroxylation is 1. The monoisotopic (exact) mass is 210 g/mol. The summed E-state index contributed by atoms with van der Waals surface area (Å²) in [5, 5.41) is 0. The molecule has 0 aliphatic carbocycles. The fourth-order valence-electron chi connectivity index (χ4n) is 1.82. The lowest BCUT2D eigenvalue weighted by atomic mass is 9.98. The van der Waals surface area contributed by atoms with Gasteiger partial charge in [0, 0.05) is 28.5 Å². The lowest BCUT2D eigenvalue weighted by Crippen LogP contribution is -2.12. The van der Waals surface area contributed by atoms with Gasteiger partial charge in [-0.05, 0) is 31.7 Å². The van der Waals surface area contributed by atoms with Crippen LogP contribution in [0.4, 0.5) is 0 Å². The molecule has 0 amide bonds. The standard InChI is InChI=1S/C11H14O2S/c1-8-10(7-12)6-11(14-8)9-2-4-13-5-3-9/h6-7,9H,2-5H2,1H3. The van der Waals surface area contributed by atoms with Crippen LogP contribution in [0.3, 0.4) is 0 Å². The largest absolute Gasteiger partial charge is 0.381 e. The average Bonchev–Trinajstić information content (AvgIpc) is 2.61. The van der Waals surface area contributed by atoms with Crippen LogP contribution < -0.4 is 0 Å². The Labute approximate surface area is 87.9 Å². The first-order valence-electron chi connectivity index (χ1n) is 4.94. The molecule has 2 nitrogen and oxygen atoms in total. The van der Waals surface area contributed by atoms with E-state index in [9.17, 15) is 4.79 Å². The van der Waals surface area contributed by atoms with Crippen LogP contribution in [0.1, 0.15) is 38.9 Å². The van der Waals surface area contributed by atoms with E-state index in [-0.39, 0.29) is 0 Å². The molecule has 2 heterocycles. The number of rotatable bonds is 2. The third kappa shape index (κ3) is 1.88. The quantitative estimate of drug-likeness (QED) is 0.702. The normalized spacial score (nSPS) is 18.4. The molecule has 3 heteroatoms. The summed E-state index contributed by atoms with van der Waals surface area (Å²) in [5.74, 6) is 0.612. The second kappa shape index (κ2) is 4.24. The highest BCUT2D eigenvalue weighted by atomic mass is 32.1. The fourth-order valence-corrected chi connectivity index (χ4v) is 2.99. The van der Waals surface area contributed by atoms with Gasteiger partial charge in [-0.2, -0.15) is 0 Å². The molecule has 1 aromatic heterocycles. The van der Waals surface area contributed by atoms with Gasteiger partial charge in [-0.15, -0.1) is 11.3 Å². The SMILES string of the molecule is Cc1sc(C2CCOCC2)cc1C=O. The number of carbonyl (C=O) groups excluding carboxylic acids is 1. The number of thiophene rings is 1. The summed E-state index contributed by atoms with van der Waals surface area (Å²) in [7, 11) is 0. The number of carbonyl (C=O) groups is 1. The molecule has 1 aromatic rings. The van der Waals surface area contributed by atoms with E-state index in [4.69, 9.17) is 4.74 Å². The van der Waals surface area contributed by atoms with Crippen LogP contribution in [0.25, 0.3) is 0 Å². The molecule has 0 radical (unpaired) electrons. The van der Waals surface area contributed by atoms with Crippen molar-refractivity contribution in [2.75, 3.05) is 13.2 Å². The van der Waals surface area contributed by atoms with E-state index in [1.807, 2.05) is 13.0 Å². The molecule has 0 spiro atoms. The molecule has 0 bridgehead atoms. The van der Waals surface area contributed by atoms with Crippen molar-refractivity contribution < 1.29 is 9.53 Å². The van der Waals surface area contributed by atoms with Crippen molar-refractivity contribution in [3.63, 3.8) is 0 Å². The zero-order valence-corrected chi connectivity index (χ0v) is 9.10. The van der Waals surface area contributed by atoms with Gasteiger partial charge in [0.05, 0.1) is 0 Å². The Hall–Kier alpha value is -0.670. The molecular formula is C11H14O2S. The molecule has 0 aromatic carbocycles. The van der Waals surface area contributed by atoms with Crippen LogP contribution in [0, 0.1) is 6.92 Å². The van der Waals surface area contributed by atoms with Gasteiger partial charge in [0.1, 0.15) is 0 Å². The average molecular weight is 210 g/mol. The second-order valence-electron chi connectivity index (χ2n) is 3.66. The minimum atomic E-state index is 0.612. The second-order valence-corrected chi connectivity index (χ2v) is 4.95. The molecule has 1 saturated heterocycles. The first-order valence-corrected chi connectivity index (χ1v) is 5.76. The van der Waals surface area contributed by atoms with Gasteiger partial charge in [0.25, 0.3) is 0 Å². The van der Waals surface area contributed by atoms with E-state index in [0.29, 0.717) is 5.92 Å². The predicted octanol–water partition coefficient (Wildman–Crippen LogP) is 2.76. The van der Waals surface area contributed by atoms with Gasteiger partial charge in [-0.3, -0.25) is 4.79 Å². The highest BCUT2D eigenvalue weighted by Gasteiger charge is 2.18. The molecular weight excluding hydrogens is 196 g/mol. The third-order valence-corrected chi connectivity index (χ3v) is 3.95. The number of hydrogen-bond acceptors (Lipinski definition) is 3. The minimum Gasteiger partial charge on any atom is -0.381 e. The first-order chi connectivity index (χ1) is 6.81. The molecule has 0 N–H and O–H groups in total. The minimum absolute atomic E-state index is 0.612. The summed E-state index contributed by atoms with van der Waals surface area (Å²) in [5.41, 5.74) is 0.858. The van der Waals surface area contributed by atoms with E-state index in [1.54, 1.807) is 11.3 Å². The number of ether oxygens (including phenoxy) is 1. The Bertz CT molecular complexity index is 324. The molecule has 76 valence electrons. The summed E-state index contributed by atoms with van der Waals surface area (Å²) in [6, 6.07) is 2.04. The van der Waals surface area contributed by atoms with Crippen LogP contribution in [0.5, 0.6) is 0 Å². The Morgan fingerprint density at radius 2 is 2.21 bits per heavy atom. The Morgan fingerprint density at radius 3 is 2.79 bits per heavy atom. The van der Waals surface area contributed by atoms with Gasteiger partial charge in [0.2, 0.25) is 0 Å². The lowest BCUT2D eigenvalue weighted by molar-refractivity contribution is 0.0860. The Morgan fingerprint density at radius 1 is 1.50 bits per heavy atom. The van der Waals surface area contributed by atoms with Crippen LogP contribution >= 0.6 is 11.3 Å². The van der Waals surface area contributed by atoms with E-state index >= 15 is 0 Å². The Kier molecular flexibility index (Phi) is 2.99. The molecule has 14 heavy (non-hydrogen) atoms. The highest BCUT2D eigenvalue weighted by molar-refractivity contribution is 7.12. The van der Waals surface area contributed by atoms with Gasteiger partial charge in [-0.25, -0.2) is 0 Å². The van der Waals surface area contributed by atoms with E-state index < -0.39 is 0 Å². The maximum atomic E-state index is 10.7. The van der Waals surface area contributed by atoms with Crippen molar-refractivity contribution >= 4 is 17.6 Å². The van der Waals surface area contributed by atoms with Gasteiger partial charge in [0.15, 0.2) is 6.29 Å². The molecule has 1 aliphatic rings. The van der Waals surface area contributed by atoms with Crippen LogP contribution in [-0.2, 0) is 4.74 Å². The topological polar surface area (TPSA) is 26.3 Å². The van der Waals surface area contributed by atoms with Crippen LogP contribution in [0.2, 0.25) is 0 Å². The van der Waals surface area contributed by atoms with Crippen LogP contribution in [-0.4, -0.2) is 19.5 Å². The summed E-state index contributed by atoms with van der Waals surface area (Å²) in [6.07, 6.45) is 3.14. The van der Waals surface area contributed by atoms with E-state index in [2.05, 4.69) is 0 Å². The molecule has 0 saturated carbocycles. The van der Waals surface area contributed by atoms with E-state index in [0.717, 1.165) is 42.8 Å². The maximum absolute atomic E-state index is 10.7. The lowest BCUT2D eigenvalue weighted by Gasteiger charge is -2.20. The van der Waals surface area contributed by atoms with Crippen LogP contribution in [0.15, 0.2) is 6.07 Å². The van der Waals surface area contributed by atoms with Crippen molar-refractivity contribution in [2.45, 2.75) is 25.7 Å². The smallest absolute Gasteiger partial charge is 0.151 e. The predicted molar refractivity (Wildman–Crippen MR) is 57.2 cm³/mol. The fraction of sp³-hybridized carbons (Fsp3) is 0.545. The van der Waals surface area contributed by atoms with Gasteiger partial charge in [-0.1, -0.05) is 0 Å². The van der Waals surface area contributed by atoms with Crippen molar-refractivity contribution in [1.82, 2.24) is 0 Å². The molecule has 0 unspecified atom stereocenters. The molecule has 2 rings (SSSR count). The van der Waals surface area contributed by atoms with Crippen molar-refractivity contribution in [2.24, 2.45) is 0 Å². The number of hydrogen-bond donors (Lipinski definition) is 0. The summed E-state index contributed by atoms with van der Waals surface area (Å²) in [4.78, 5) is 13.2. The van der Waals surface area contributed by atoms with Crippen molar-refractivity contribution in [3.05, 3.63) is 21.4 Å². The van der Waals surface area contributed by atoms with Gasteiger partial charge >= 0.3 is 0 Å². The van der Waals surface area contributed by atoms with E-state index in [1.165, 1.54) is 4.88 Å². The summed E-state index contributed by atoms with van der Waals surface area (Å²) >= 11 is 1.76. The third-order valence-electron chi connectivity index (χ3n) is 2.73. The summed E-state index contributed by atoms with van der Waals surface area (Å²) in [6.45, 7) is 3.73. The first kappa shape index (κ1) is 9.87. The van der Waals surface area contributed by atoms with Gasteiger partial charge < -0.3 is 4.74 Å². The molecule has 0 atom stereocenters. The van der Waals surface area contributed by atoms with Crippen molar-refractivity contribution in [1.29, 1.82) is 0 Å².